The van der Waals surface area contributed by atoms with Crippen LogP contribution in [0.15, 0.2) is 48.5 Å². The molecule has 0 bridgehead atoms. The maximum atomic E-state index is 13.6. The SMILES string of the molecule is O=C(O)NC1(c2cc(F)ccc2OCc2ccccc2)CC1. The Balaban J connectivity index is 1.84. The normalized spacial score (nSPS) is 15.1. The second-order valence-electron chi connectivity index (χ2n) is 5.43. The minimum Gasteiger partial charge on any atom is -0.489 e. The third-order valence-corrected chi connectivity index (χ3v) is 3.79. The van der Waals surface area contributed by atoms with Crippen LogP contribution in [-0.4, -0.2) is 11.2 Å². The third kappa shape index (κ3) is 3.03. The fourth-order valence-electron chi connectivity index (χ4n) is 2.53. The first kappa shape index (κ1) is 14.4. The van der Waals surface area contributed by atoms with Gasteiger partial charge in [-0.05, 0) is 36.6 Å². The lowest BCUT2D eigenvalue weighted by atomic mass is 10.0. The van der Waals surface area contributed by atoms with Gasteiger partial charge in [0.25, 0.3) is 0 Å². The van der Waals surface area contributed by atoms with Gasteiger partial charge < -0.3 is 15.2 Å². The average Bonchev–Trinajstić information content (AvgIpc) is 3.27. The van der Waals surface area contributed by atoms with Gasteiger partial charge in [0.15, 0.2) is 0 Å². The Labute approximate surface area is 127 Å². The van der Waals surface area contributed by atoms with Crippen molar-refractivity contribution in [3.8, 4) is 5.75 Å². The van der Waals surface area contributed by atoms with Gasteiger partial charge in [-0.1, -0.05) is 30.3 Å². The van der Waals surface area contributed by atoms with E-state index in [1.165, 1.54) is 12.1 Å². The van der Waals surface area contributed by atoms with Gasteiger partial charge >= 0.3 is 6.09 Å². The van der Waals surface area contributed by atoms with Gasteiger partial charge in [0, 0.05) is 5.56 Å². The molecule has 4 nitrogen and oxygen atoms in total. The van der Waals surface area contributed by atoms with Gasteiger partial charge in [-0.2, -0.15) is 0 Å². The minimum absolute atomic E-state index is 0.350. The van der Waals surface area contributed by atoms with Crippen molar-refractivity contribution in [2.24, 2.45) is 0 Å². The molecule has 2 aromatic carbocycles. The molecular formula is C17H16FNO3. The molecular weight excluding hydrogens is 285 g/mol. The van der Waals surface area contributed by atoms with Gasteiger partial charge in [-0.3, -0.25) is 0 Å². The summed E-state index contributed by atoms with van der Waals surface area (Å²) < 4.78 is 19.4. The van der Waals surface area contributed by atoms with Crippen molar-refractivity contribution in [1.82, 2.24) is 5.32 Å². The van der Waals surface area contributed by atoms with Crippen molar-refractivity contribution in [3.05, 3.63) is 65.5 Å². The summed E-state index contributed by atoms with van der Waals surface area (Å²) in [5.74, 6) is 0.108. The van der Waals surface area contributed by atoms with Crippen LogP contribution < -0.4 is 10.1 Å². The largest absolute Gasteiger partial charge is 0.489 e. The van der Waals surface area contributed by atoms with Gasteiger partial charge in [0.05, 0.1) is 5.54 Å². The molecule has 0 aliphatic heterocycles. The van der Waals surface area contributed by atoms with Crippen LogP contribution in [0.1, 0.15) is 24.0 Å². The highest BCUT2D eigenvalue weighted by atomic mass is 19.1. The number of ether oxygens (including phenoxy) is 1. The van der Waals surface area contributed by atoms with E-state index in [4.69, 9.17) is 9.84 Å². The summed E-state index contributed by atoms with van der Waals surface area (Å²) in [7, 11) is 0. The van der Waals surface area contributed by atoms with E-state index in [-0.39, 0.29) is 0 Å². The van der Waals surface area contributed by atoms with Crippen LogP contribution in [-0.2, 0) is 12.1 Å². The summed E-state index contributed by atoms with van der Waals surface area (Å²) >= 11 is 0. The number of halogens is 1. The van der Waals surface area contributed by atoms with Crippen LogP contribution in [0.3, 0.4) is 0 Å². The zero-order valence-corrected chi connectivity index (χ0v) is 11.9. The second-order valence-corrected chi connectivity index (χ2v) is 5.43. The molecule has 22 heavy (non-hydrogen) atoms. The number of hydrogen-bond donors (Lipinski definition) is 2. The van der Waals surface area contributed by atoms with Crippen molar-refractivity contribution in [2.75, 3.05) is 0 Å². The molecule has 2 N–H and O–H groups in total. The van der Waals surface area contributed by atoms with Gasteiger partial charge in [0.1, 0.15) is 18.2 Å². The fourth-order valence-corrected chi connectivity index (χ4v) is 2.53. The lowest BCUT2D eigenvalue weighted by Crippen LogP contribution is -2.33. The van der Waals surface area contributed by atoms with Gasteiger partial charge in [-0.15, -0.1) is 0 Å². The Morgan fingerprint density at radius 3 is 2.59 bits per heavy atom. The summed E-state index contributed by atoms with van der Waals surface area (Å²) in [6.45, 7) is 0.350. The summed E-state index contributed by atoms with van der Waals surface area (Å²) in [4.78, 5) is 11.0. The third-order valence-electron chi connectivity index (χ3n) is 3.79. The van der Waals surface area contributed by atoms with Crippen molar-refractivity contribution in [1.29, 1.82) is 0 Å². The van der Waals surface area contributed by atoms with E-state index in [1.54, 1.807) is 6.07 Å². The molecule has 0 spiro atoms. The Kier molecular flexibility index (Phi) is 3.71. The molecule has 1 saturated carbocycles. The van der Waals surface area contributed by atoms with E-state index < -0.39 is 17.4 Å². The van der Waals surface area contributed by atoms with Crippen molar-refractivity contribution in [2.45, 2.75) is 25.0 Å². The maximum absolute atomic E-state index is 13.6. The molecule has 5 heteroatoms. The molecule has 114 valence electrons. The lowest BCUT2D eigenvalue weighted by Gasteiger charge is -2.20. The number of nitrogens with one attached hydrogen (secondary N) is 1. The van der Waals surface area contributed by atoms with E-state index in [9.17, 15) is 9.18 Å². The molecule has 1 amide bonds. The maximum Gasteiger partial charge on any atom is 0.405 e. The fraction of sp³-hybridized carbons (Fsp3) is 0.235. The average molecular weight is 301 g/mol. The molecule has 1 aliphatic rings. The van der Waals surface area contributed by atoms with E-state index in [0.29, 0.717) is 30.8 Å². The molecule has 3 rings (SSSR count). The lowest BCUT2D eigenvalue weighted by molar-refractivity contribution is 0.187. The summed E-state index contributed by atoms with van der Waals surface area (Å²) in [5.41, 5.74) is 0.833. The van der Waals surface area contributed by atoms with E-state index in [2.05, 4.69) is 5.32 Å². The Morgan fingerprint density at radius 1 is 1.23 bits per heavy atom. The standard InChI is InChI=1S/C17H16FNO3/c18-13-6-7-15(22-11-12-4-2-1-3-5-12)14(10-13)17(8-9-17)19-16(20)21/h1-7,10,19H,8-9,11H2,(H,20,21). The van der Waals surface area contributed by atoms with Crippen molar-refractivity contribution >= 4 is 6.09 Å². The quantitative estimate of drug-likeness (QED) is 0.886. The number of carbonyl (C=O) groups is 1. The summed E-state index contributed by atoms with van der Waals surface area (Å²) in [5, 5.41) is 11.5. The molecule has 0 radical (unpaired) electrons. The molecule has 0 heterocycles. The van der Waals surface area contributed by atoms with E-state index >= 15 is 0 Å². The predicted octanol–water partition coefficient (Wildman–Crippen LogP) is 3.66. The summed E-state index contributed by atoms with van der Waals surface area (Å²) in [6, 6.07) is 13.8. The number of amides is 1. The van der Waals surface area contributed by atoms with Crippen LogP contribution in [0.25, 0.3) is 0 Å². The van der Waals surface area contributed by atoms with Crippen LogP contribution in [0.5, 0.6) is 5.75 Å². The topological polar surface area (TPSA) is 58.6 Å². The Hall–Kier alpha value is -2.56. The van der Waals surface area contributed by atoms with Crippen LogP contribution in [0.4, 0.5) is 9.18 Å². The first-order valence-electron chi connectivity index (χ1n) is 7.07. The second kappa shape index (κ2) is 5.67. The van der Waals surface area contributed by atoms with Gasteiger partial charge in [-0.25, -0.2) is 9.18 Å². The smallest absolute Gasteiger partial charge is 0.405 e. The molecule has 0 unspecified atom stereocenters. The van der Waals surface area contributed by atoms with Crippen LogP contribution in [0, 0.1) is 5.82 Å². The van der Waals surface area contributed by atoms with Crippen LogP contribution >= 0.6 is 0 Å². The number of hydrogen-bond acceptors (Lipinski definition) is 2. The van der Waals surface area contributed by atoms with Crippen LogP contribution in [0.2, 0.25) is 0 Å². The number of carboxylic acid groups (broad SMARTS) is 1. The van der Waals surface area contributed by atoms with Crippen molar-refractivity contribution in [3.63, 3.8) is 0 Å². The molecule has 1 aliphatic carbocycles. The van der Waals surface area contributed by atoms with E-state index in [0.717, 1.165) is 5.56 Å². The number of rotatable bonds is 5. The molecule has 2 aromatic rings. The Morgan fingerprint density at radius 2 is 1.95 bits per heavy atom. The first-order valence-corrected chi connectivity index (χ1v) is 7.07. The van der Waals surface area contributed by atoms with E-state index in [1.807, 2.05) is 30.3 Å². The minimum atomic E-state index is -1.12. The molecule has 0 saturated heterocycles. The molecule has 0 atom stereocenters. The zero-order valence-electron chi connectivity index (χ0n) is 11.9. The van der Waals surface area contributed by atoms with Crippen molar-refractivity contribution < 1.29 is 19.0 Å². The first-order chi connectivity index (χ1) is 10.6. The molecule has 0 aromatic heterocycles. The zero-order chi connectivity index (χ0) is 15.6. The molecule has 1 fully saturated rings. The van der Waals surface area contributed by atoms with Gasteiger partial charge in [0.2, 0.25) is 0 Å². The highest BCUT2D eigenvalue weighted by molar-refractivity contribution is 5.67. The predicted molar refractivity (Wildman–Crippen MR) is 79.2 cm³/mol. The highest BCUT2D eigenvalue weighted by Gasteiger charge is 2.48. The monoisotopic (exact) mass is 301 g/mol. The highest BCUT2D eigenvalue weighted by Crippen LogP contribution is 2.49. The summed E-state index contributed by atoms with van der Waals surface area (Å²) in [6.07, 6.45) is 0.172. The number of benzene rings is 2. The Bertz CT molecular complexity index is 684.